The van der Waals surface area contributed by atoms with E-state index in [0.29, 0.717) is 12.1 Å². The predicted molar refractivity (Wildman–Crippen MR) is 71.9 cm³/mol. The Hall–Kier alpha value is -1.71. The minimum Gasteiger partial charge on any atom is -0.506 e. The Labute approximate surface area is 108 Å². The number of rotatable bonds is 8. The molecule has 4 nitrogen and oxygen atoms in total. The smallest absolute Gasteiger partial charge is 0.326 e. The Morgan fingerprint density at radius 2 is 2.00 bits per heavy atom. The van der Waals surface area contributed by atoms with Crippen LogP contribution in [0.3, 0.4) is 0 Å². The van der Waals surface area contributed by atoms with Gasteiger partial charge in [-0.05, 0) is 18.6 Å². The van der Waals surface area contributed by atoms with Gasteiger partial charge < -0.3 is 15.5 Å². The summed E-state index contributed by atoms with van der Waals surface area (Å²) in [6, 6.07) is 6.04. The number of unbranched alkanes of at least 4 members (excludes halogenated alkanes) is 3. The Bertz CT molecular complexity index is 379. The average molecular weight is 251 g/mol. The van der Waals surface area contributed by atoms with Crippen LogP contribution in [0, 0.1) is 0 Å². The van der Waals surface area contributed by atoms with Crippen molar-refractivity contribution in [3.05, 3.63) is 24.3 Å². The van der Waals surface area contributed by atoms with Crippen molar-refractivity contribution in [2.24, 2.45) is 0 Å². The molecule has 1 unspecified atom stereocenters. The molecule has 0 saturated carbocycles. The van der Waals surface area contributed by atoms with Gasteiger partial charge in [-0.25, -0.2) is 4.79 Å². The van der Waals surface area contributed by atoms with E-state index in [4.69, 9.17) is 5.11 Å². The highest BCUT2D eigenvalue weighted by Gasteiger charge is 2.17. The third-order valence-corrected chi connectivity index (χ3v) is 2.88. The number of hydrogen-bond donors (Lipinski definition) is 3. The molecular formula is C14H21NO3. The zero-order valence-corrected chi connectivity index (χ0v) is 10.7. The van der Waals surface area contributed by atoms with Crippen LogP contribution in [-0.4, -0.2) is 22.2 Å². The number of carboxylic acid groups (broad SMARTS) is 1. The van der Waals surface area contributed by atoms with Crippen LogP contribution in [-0.2, 0) is 4.79 Å². The Morgan fingerprint density at radius 3 is 2.61 bits per heavy atom. The zero-order chi connectivity index (χ0) is 13.4. The average Bonchev–Trinajstić information content (AvgIpc) is 2.35. The molecule has 0 aliphatic carbocycles. The van der Waals surface area contributed by atoms with E-state index in [0.717, 1.165) is 25.7 Å². The molecule has 3 N–H and O–H groups in total. The van der Waals surface area contributed by atoms with Crippen LogP contribution >= 0.6 is 0 Å². The van der Waals surface area contributed by atoms with Crippen molar-refractivity contribution in [1.82, 2.24) is 0 Å². The molecule has 4 heteroatoms. The summed E-state index contributed by atoms with van der Waals surface area (Å²) < 4.78 is 0. The zero-order valence-electron chi connectivity index (χ0n) is 10.7. The number of phenolic OH excluding ortho intramolecular Hbond substituents is 1. The fourth-order valence-electron chi connectivity index (χ4n) is 1.82. The number of anilines is 1. The van der Waals surface area contributed by atoms with Crippen LogP contribution in [0.2, 0.25) is 0 Å². The molecule has 1 aromatic carbocycles. The summed E-state index contributed by atoms with van der Waals surface area (Å²) in [5, 5.41) is 21.6. The van der Waals surface area contributed by atoms with Gasteiger partial charge in [0, 0.05) is 0 Å². The van der Waals surface area contributed by atoms with Crippen molar-refractivity contribution in [3.63, 3.8) is 0 Å². The van der Waals surface area contributed by atoms with Crippen LogP contribution in [0.1, 0.15) is 39.0 Å². The minimum atomic E-state index is -0.880. The third kappa shape index (κ3) is 4.65. The summed E-state index contributed by atoms with van der Waals surface area (Å²) in [4.78, 5) is 11.1. The molecule has 1 rings (SSSR count). The highest BCUT2D eigenvalue weighted by molar-refractivity contribution is 5.78. The first-order valence-electron chi connectivity index (χ1n) is 6.42. The summed E-state index contributed by atoms with van der Waals surface area (Å²) >= 11 is 0. The van der Waals surface area contributed by atoms with Gasteiger partial charge in [-0.1, -0.05) is 44.7 Å². The molecule has 1 aromatic rings. The number of carbonyl (C=O) groups is 1. The maximum absolute atomic E-state index is 11.1. The number of hydrogen-bond acceptors (Lipinski definition) is 3. The van der Waals surface area contributed by atoms with Gasteiger partial charge >= 0.3 is 5.97 Å². The first-order valence-corrected chi connectivity index (χ1v) is 6.42. The monoisotopic (exact) mass is 251 g/mol. The maximum Gasteiger partial charge on any atom is 0.326 e. The van der Waals surface area contributed by atoms with Gasteiger partial charge in [0.05, 0.1) is 5.69 Å². The van der Waals surface area contributed by atoms with E-state index in [-0.39, 0.29) is 5.75 Å². The normalized spacial score (nSPS) is 12.1. The Kier molecular flexibility index (Phi) is 6.05. The second kappa shape index (κ2) is 7.58. The van der Waals surface area contributed by atoms with E-state index in [9.17, 15) is 9.90 Å². The molecule has 0 spiro atoms. The molecule has 0 radical (unpaired) electrons. The highest BCUT2D eigenvalue weighted by atomic mass is 16.4. The van der Waals surface area contributed by atoms with Crippen molar-refractivity contribution in [2.45, 2.75) is 45.1 Å². The van der Waals surface area contributed by atoms with Crippen molar-refractivity contribution >= 4 is 11.7 Å². The quantitative estimate of drug-likeness (QED) is 0.490. The van der Waals surface area contributed by atoms with Gasteiger partial charge in [-0.3, -0.25) is 0 Å². The third-order valence-electron chi connectivity index (χ3n) is 2.88. The summed E-state index contributed by atoms with van der Waals surface area (Å²) in [7, 11) is 0. The number of aromatic hydroxyl groups is 1. The molecular weight excluding hydrogens is 230 g/mol. The largest absolute Gasteiger partial charge is 0.506 e. The molecule has 0 heterocycles. The number of para-hydroxylation sites is 2. The number of nitrogens with one attached hydrogen (secondary N) is 1. The lowest BCUT2D eigenvalue weighted by molar-refractivity contribution is -0.138. The number of carboxylic acids is 1. The molecule has 0 aliphatic heterocycles. The Morgan fingerprint density at radius 1 is 1.28 bits per heavy atom. The van der Waals surface area contributed by atoms with Crippen LogP contribution in [0.15, 0.2) is 24.3 Å². The van der Waals surface area contributed by atoms with Gasteiger partial charge in [-0.15, -0.1) is 0 Å². The second-order valence-corrected chi connectivity index (χ2v) is 4.40. The fraction of sp³-hybridized carbons (Fsp3) is 0.500. The number of benzene rings is 1. The van der Waals surface area contributed by atoms with Crippen molar-refractivity contribution in [2.75, 3.05) is 5.32 Å². The minimum absolute atomic E-state index is 0.0808. The first-order chi connectivity index (χ1) is 8.65. The van der Waals surface area contributed by atoms with Crippen molar-refractivity contribution in [3.8, 4) is 5.75 Å². The lowest BCUT2D eigenvalue weighted by Gasteiger charge is -2.16. The van der Waals surface area contributed by atoms with E-state index in [1.807, 2.05) is 0 Å². The van der Waals surface area contributed by atoms with Gasteiger partial charge in [0.15, 0.2) is 0 Å². The standard InChI is InChI=1S/C14H21NO3/c1-2-3-4-5-9-12(14(17)18)15-11-8-6-7-10-13(11)16/h6-8,10,12,15-16H,2-5,9H2,1H3,(H,17,18). The lowest BCUT2D eigenvalue weighted by Crippen LogP contribution is -2.29. The van der Waals surface area contributed by atoms with E-state index in [1.54, 1.807) is 24.3 Å². The summed E-state index contributed by atoms with van der Waals surface area (Å²) in [5.74, 6) is -0.799. The Balaban J connectivity index is 2.53. The second-order valence-electron chi connectivity index (χ2n) is 4.40. The van der Waals surface area contributed by atoms with Crippen LogP contribution in [0.25, 0.3) is 0 Å². The topological polar surface area (TPSA) is 69.6 Å². The van der Waals surface area contributed by atoms with E-state index >= 15 is 0 Å². The van der Waals surface area contributed by atoms with Crippen LogP contribution in [0.5, 0.6) is 5.75 Å². The summed E-state index contributed by atoms with van der Waals surface area (Å²) in [5.41, 5.74) is 0.473. The van der Waals surface area contributed by atoms with Gasteiger partial charge in [0.2, 0.25) is 0 Å². The van der Waals surface area contributed by atoms with E-state index in [1.165, 1.54) is 0 Å². The number of aliphatic carboxylic acids is 1. The SMILES string of the molecule is CCCCCCC(Nc1ccccc1O)C(=O)O. The highest BCUT2D eigenvalue weighted by Crippen LogP contribution is 2.23. The molecule has 0 amide bonds. The maximum atomic E-state index is 11.1. The molecule has 1 atom stereocenters. The fourth-order valence-corrected chi connectivity index (χ4v) is 1.82. The summed E-state index contributed by atoms with van der Waals surface area (Å²) in [6.07, 6.45) is 4.76. The van der Waals surface area contributed by atoms with Gasteiger partial charge in [0.25, 0.3) is 0 Å². The summed E-state index contributed by atoms with van der Waals surface area (Å²) in [6.45, 7) is 2.12. The lowest BCUT2D eigenvalue weighted by atomic mass is 10.1. The number of phenols is 1. The van der Waals surface area contributed by atoms with Gasteiger partial charge in [0.1, 0.15) is 11.8 Å². The molecule has 0 aliphatic rings. The van der Waals surface area contributed by atoms with Crippen molar-refractivity contribution < 1.29 is 15.0 Å². The molecule has 0 bridgehead atoms. The van der Waals surface area contributed by atoms with Crippen LogP contribution < -0.4 is 5.32 Å². The van der Waals surface area contributed by atoms with E-state index < -0.39 is 12.0 Å². The molecule has 100 valence electrons. The van der Waals surface area contributed by atoms with E-state index in [2.05, 4.69) is 12.2 Å². The van der Waals surface area contributed by atoms with Gasteiger partial charge in [-0.2, -0.15) is 0 Å². The first kappa shape index (κ1) is 14.4. The molecule has 18 heavy (non-hydrogen) atoms. The van der Waals surface area contributed by atoms with Crippen LogP contribution in [0.4, 0.5) is 5.69 Å². The molecule has 0 aromatic heterocycles. The van der Waals surface area contributed by atoms with Crippen molar-refractivity contribution in [1.29, 1.82) is 0 Å². The predicted octanol–water partition coefficient (Wildman–Crippen LogP) is 3.23. The molecule has 0 saturated heterocycles. The molecule has 0 fully saturated rings.